The fourth-order valence-electron chi connectivity index (χ4n) is 2.02. The van der Waals surface area contributed by atoms with E-state index in [2.05, 4.69) is 42.2 Å². The van der Waals surface area contributed by atoms with E-state index in [0.29, 0.717) is 10.3 Å². The van der Waals surface area contributed by atoms with Crippen molar-refractivity contribution < 1.29 is 4.79 Å². The number of nitrogens with one attached hydrogen (secondary N) is 1. The summed E-state index contributed by atoms with van der Waals surface area (Å²) < 4.78 is 1.67. The molecule has 104 valence electrons. The number of fused-ring (bicyclic) bond motifs is 1. The largest absolute Gasteiger partial charge is 0.321 e. The van der Waals surface area contributed by atoms with Crippen LogP contribution in [0.15, 0.2) is 63.7 Å². The first-order chi connectivity index (χ1) is 10.1. The number of halogens is 2. The summed E-state index contributed by atoms with van der Waals surface area (Å²) in [6.45, 7) is 0. The predicted octanol–water partition coefficient (Wildman–Crippen LogP) is 5.01. The van der Waals surface area contributed by atoms with Crippen molar-refractivity contribution in [3.05, 3.63) is 69.4 Å². The number of aromatic nitrogens is 1. The van der Waals surface area contributed by atoms with Crippen LogP contribution >= 0.6 is 31.9 Å². The van der Waals surface area contributed by atoms with Gasteiger partial charge in [0.1, 0.15) is 10.3 Å². The van der Waals surface area contributed by atoms with Crippen LogP contribution in [0.1, 0.15) is 10.5 Å². The second-order valence-electron chi connectivity index (χ2n) is 4.51. The Bertz CT molecular complexity index is 833. The molecule has 3 nitrogen and oxygen atoms in total. The van der Waals surface area contributed by atoms with Gasteiger partial charge in [-0.1, -0.05) is 34.1 Å². The molecule has 0 fully saturated rings. The van der Waals surface area contributed by atoms with Crippen LogP contribution < -0.4 is 5.32 Å². The minimum Gasteiger partial charge on any atom is -0.321 e. The van der Waals surface area contributed by atoms with Crippen LogP contribution in [0.25, 0.3) is 10.8 Å². The SMILES string of the molecule is O=C(Nc1ccc2cc(Br)ccc2c1)c1cccc(Br)n1. The summed E-state index contributed by atoms with van der Waals surface area (Å²) in [5.41, 5.74) is 1.12. The van der Waals surface area contributed by atoms with Crippen LogP contribution in [-0.2, 0) is 0 Å². The molecule has 3 aromatic rings. The van der Waals surface area contributed by atoms with E-state index in [1.54, 1.807) is 18.2 Å². The molecular weight excluding hydrogens is 396 g/mol. The fourth-order valence-corrected chi connectivity index (χ4v) is 2.75. The molecule has 3 rings (SSSR count). The van der Waals surface area contributed by atoms with Crippen LogP contribution in [0.4, 0.5) is 5.69 Å². The Hall–Kier alpha value is -1.72. The van der Waals surface area contributed by atoms with E-state index in [1.807, 2.05) is 36.4 Å². The summed E-state index contributed by atoms with van der Waals surface area (Å²) in [5, 5.41) is 5.04. The maximum absolute atomic E-state index is 12.2. The lowest BCUT2D eigenvalue weighted by Crippen LogP contribution is -2.13. The highest BCUT2D eigenvalue weighted by Gasteiger charge is 2.08. The molecule has 0 radical (unpaired) electrons. The average Bonchev–Trinajstić information content (AvgIpc) is 2.47. The second-order valence-corrected chi connectivity index (χ2v) is 6.23. The molecule has 5 heteroatoms. The van der Waals surface area contributed by atoms with E-state index in [9.17, 15) is 4.79 Å². The summed E-state index contributed by atoms with van der Waals surface area (Å²) in [7, 11) is 0. The Kier molecular flexibility index (Phi) is 4.03. The van der Waals surface area contributed by atoms with E-state index in [-0.39, 0.29) is 5.91 Å². The van der Waals surface area contributed by atoms with Gasteiger partial charge in [-0.15, -0.1) is 0 Å². The first-order valence-electron chi connectivity index (χ1n) is 6.25. The minimum absolute atomic E-state index is 0.229. The van der Waals surface area contributed by atoms with E-state index < -0.39 is 0 Å². The van der Waals surface area contributed by atoms with Gasteiger partial charge in [-0.2, -0.15) is 0 Å². The van der Waals surface area contributed by atoms with Crippen molar-refractivity contribution in [3.63, 3.8) is 0 Å². The van der Waals surface area contributed by atoms with E-state index >= 15 is 0 Å². The lowest BCUT2D eigenvalue weighted by atomic mass is 10.1. The van der Waals surface area contributed by atoms with Gasteiger partial charge in [-0.25, -0.2) is 4.98 Å². The molecule has 21 heavy (non-hydrogen) atoms. The summed E-state index contributed by atoms with van der Waals surface area (Å²) in [5.74, 6) is -0.229. The molecule has 0 unspecified atom stereocenters. The van der Waals surface area contributed by atoms with Gasteiger partial charge in [0, 0.05) is 10.2 Å². The smallest absolute Gasteiger partial charge is 0.274 e. The minimum atomic E-state index is -0.229. The molecule has 2 aromatic carbocycles. The highest BCUT2D eigenvalue weighted by molar-refractivity contribution is 9.10. The lowest BCUT2D eigenvalue weighted by molar-refractivity contribution is 0.102. The highest BCUT2D eigenvalue weighted by Crippen LogP contribution is 2.23. The van der Waals surface area contributed by atoms with Gasteiger partial charge in [-0.3, -0.25) is 4.79 Å². The Balaban J connectivity index is 1.87. The number of hydrogen-bond acceptors (Lipinski definition) is 2. The third-order valence-electron chi connectivity index (χ3n) is 3.01. The first kappa shape index (κ1) is 14.2. The van der Waals surface area contributed by atoms with Crippen LogP contribution in [-0.4, -0.2) is 10.9 Å². The van der Waals surface area contributed by atoms with Gasteiger partial charge >= 0.3 is 0 Å². The second kappa shape index (κ2) is 5.95. The maximum Gasteiger partial charge on any atom is 0.274 e. The Morgan fingerprint density at radius 3 is 2.52 bits per heavy atom. The maximum atomic E-state index is 12.2. The highest BCUT2D eigenvalue weighted by atomic mass is 79.9. The molecule has 1 aromatic heterocycles. The summed E-state index contributed by atoms with van der Waals surface area (Å²) in [4.78, 5) is 16.3. The van der Waals surface area contributed by atoms with Gasteiger partial charge in [0.25, 0.3) is 5.91 Å². The van der Waals surface area contributed by atoms with Crippen molar-refractivity contribution in [1.29, 1.82) is 0 Å². The number of rotatable bonds is 2. The topological polar surface area (TPSA) is 42.0 Å². The molecule has 0 saturated carbocycles. The van der Waals surface area contributed by atoms with Gasteiger partial charge in [-0.05, 0) is 63.1 Å². The number of nitrogens with zero attached hydrogens (tertiary/aromatic N) is 1. The zero-order chi connectivity index (χ0) is 14.8. The molecule has 0 bridgehead atoms. The van der Waals surface area contributed by atoms with Crippen LogP contribution in [0.5, 0.6) is 0 Å². The number of hydrogen-bond donors (Lipinski definition) is 1. The third-order valence-corrected chi connectivity index (χ3v) is 3.94. The fraction of sp³-hybridized carbons (Fsp3) is 0. The molecule has 1 N–H and O–H groups in total. The summed E-state index contributed by atoms with van der Waals surface area (Å²) >= 11 is 6.71. The molecule has 1 heterocycles. The van der Waals surface area contributed by atoms with Crippen molar-refractivity contribution in [2.75, 3.05) is 5.32 Å². The number of pyridine rings is 1. The number of benzene rings is 2. The number of carbonyl (C=O) groups is 1. The normalized spacial score (nSPS) is 10.6. The molecular formula is C16H10Br2N2O. The van der Waals surface area contributed by atoms with Crippen molar-refractivity contribution in [1.82, 2.24) is 4.98 Å². The molecule has 0 saturated heterocycles. The zero-order valence-corrected chi connectivity index (χ0v) is 14.0. The zero-order valence-electron chi connectivity index (χ0n) is 10.8. The van der Waals surface area contributed by atoms with Crippen molar-refractivity contribution in [3.8, 4) is 0 Å². The molecule has 0 aliphatic rings. The van der Waals surface area contributed by atoms with E-state index in [4.69, 9.17) is 0 Å². The number of amides is 1. The van der Waals surface area contributed by atoms with E-state index in [0.717, 1.165) is 20.9 Å². The third kappa shape index (κ3) is 3.31. The quantitative estimate of drug-likeness (QED) is 0.608. The van der Waals surface area contributed by atoms with Crippen LogP contribution in [0, 0.1) is 0 Å². The Labute approximate surface area is 138 Å². The van der Waals surface area contributed by atoms with Gasteiger partial charge < -0.3 is 5.32 Å². The van der Waals surface area contributed by atoms with Crippen LogP contribution in [0.3, 0.4) is 0 Å². The molecule has 1 amide bonds. The first-order valence-corrected chi connectivity index (χ1v) is 7.84. The average molecular weight is 406 g/mol. The Morgan fingerprint density at radius 2 is 1.71 bits per heavy atom. The summed E-state index contributed by atoms with van der Waals surface area (Å²) in [6.07, 6.45) is 0. The molecule has 0 atom stereocenters. The standard InChI is InChI=1S/C16H10Br2N2O/c17-12-6-4-11-9-13(7-5-10(11)8-12)19-16(21)14-2-1-3-15(18)20-14/h1-9H,(H,19,21). The van der Waals surface area contributed by atoms with Crippen molar-refractivity contribution >= 4 is 54.2 Å². The van der Waals surface area contributed by atoms with Crippen LogP contribution in [0.2, 0.25) is 0 Å². The number of anilines is 1. The number of carbonyl (C=O) groups excluding carboxylic acids is 1. The Morgan fingerprint density at radius 1 is 0.952 bits per heavy atom. The summed E-state index contributed by atoms with van der Waals surface area (Å²) in [6, 6.07) is 17.1. The van der Waals surface area contributed by atoms with Crippen molar-refractivity contribution in [2.45, 2.75) is 0 Å². The van der Waals surface area contributed by atoms with E-state index in [1.165, 1.54) is 0 Å². The predicted molar refractivity (Wildman–Crippen MR) is 91.5 cm³/mol. The van der Waals surface area contributed by atoms with Gasteiger partial charge in [0.05, 0.1) is 0 Å². The molecule has 0 aliphatic heterocycles. The lowest BCUT2D eigenvalue weighted by Gasteiger charge is -2.07. The van der Waals surface area contributed by atoms with Gasteiger partial charge in [0.2, 0.25) is 0 Å². The monoisotopic (exact) mass is 404 g/mol. The van der Waals surface area contributed by atoms with Gasteiger partial charge in [0.15, 0.2) is 0 Å². The van der Waals surface area contributed by atoms with Crippen molar-refractivity contribution in [2.24, 2.45) is 0 Å². The molecule has 0 spiro atoms. The molecule has 0 aliphatic carbocycles.